The first-order chi connectivity index (χ1) is 17.6. The van der Waals surface area contributed by atoms with Crippen molar-refractivity contribution in [3.05, 3.63) is 34.9 Å². The minimum atomic E-state index is -0.593. The number of aliphatic hydroxyl groups is 1. The Morgan fingerprint density at radius 1 is 1.18 bits per heavy atom. The lowest BCUT2D eigenvalue weighted by atomic mass is 9.69. The van der Waals surface area contributed by atoms with Gasteiger partial charge in [-0.1, -0.05) is 84.5 Å². The Hall–Kier alpha value is -1.59. The van der Waals surface area contributed by atoms with Crippen LogP contribution in [0.2, 0.25) is 5.02 Å². The van der Waals surface area contributed by atoms with Crippen molar-refractivity contribution in [3.8, 4) is 0 Å². The van der Waals surface area contributed by atoms with E-state index in [0.717, 1.165) is 50.0 Å². The van der Waals surface area contributed by atoms with Crippen molar-refractivity contribution >= 4 is 23.4 Å². The Kier molecular flexibility index (Phi) is 10.0. The summed E-state index contributed by atoms with van der Waals surface area (Å²) in [5, 5.41) is 14.4. The van der Waals surface area contributed by atoms with Gasteiger partial charge in [0.25, 0.3) is 0 Å². The number of nitrogens with one attached hydrogen (secondary N) is 1. The van der Waals surface area contributed by atoms with Crippen LogP contribution in [0.4, 0.5) is 0 Å². The van der Waals surface area contributed by atoms with Crippen LogP contribution >= 0.6 is 11.6 Å². The van der Waals surface area contributed by atoms with Crippen molar-refractivity contribution in [3.63, 3.8) is 0 Å². The van der Waals surface area contributed by atoms with Gasteiger partial charge in [0, 0.05) is 24.5 Å². The van der Waals surface area contributed by atoms with Gasteiger partial charge in [-0.2, -0.15) is 0 Å². The molecule has 6 heteroatoms. The molecular formula is C32H51ClN2O3. The minimum absolute atomic E-state index is 0.00451. The van der Waals surface area contributed by atoms with Gasteiger partial charge in [0.15, 0.2) is 0 Å². The molecule has 0 spiro atoms. The van der Waals surface area contributed by atoms with Gasteiger partial charge >= 0.3 is 0 Å². The highest BCUT2D eigenvalue weighted by Crippen LogP contribution is 2.43. The monoisotopic (exact) mass is 546 g/mol. The van der Waals surface area contributed by atoms with Crippen molar-refractivity contribution < 1.29 is 14.7 Å². The van der Waals surface area contributed by atoms with Gasteiger partial charge in [-0.3, -0.25) is 9.59 Å². The molecule has 1 aliphatic heterocycles. The molecule has 38 heavy (non-hydrogen) atoms. The Labute approximate surface area is 236 Å². The van der Waals surface area contributed by atoms with Crippen molar-refractivity contribution in [2.45, 2.75) is 117 Å². The molecule has 4 unspecified atom stereocenters. The van der Waals surface area contributed by atoms with Gasteiger partial charge in [0.2, 0.25) is 11.8 Å². The molecule has 5 atom stereocenters. The van der Waals surface area contributed by atoms with E-state index in [1.54, 1.807) is 0 Å². The summed E-state index contributed by atoms with van der Waals surface area (Å²) in [6.45, 7) is 16.1. The van der Waals surface area contributed by atoms with Gasteiger partial charge in [-0.25, -0.2) is 0 Å². The molecule has 1 aromatic rings. The number of rotatable bonds is 9. The molecule has 2 N–H and O–H groups in total. The maximum Gasteiger partial charge on any atom is 0.245 e. The van der Waals surface area contributed by atoms with Crippen LogP contribution in [0.25, 0.3) is 0 Å². The third-order valence-electron chi connectivity index (χ3n) is 9.34. The third kappa shape index (κ3) is 7.97. The quantitative estimate of drug-likeness (QED) is 0.351. The number of piperidine rings is 1. The Balaban J connectivity index is 1.63. The average Bonchev–Trinajstić information content (AvgIpc) is 2.81. The number of halogens is 1. The molecule has 214 valence electrons. The molecular weight excluding hydrogens is 496 g/mol. The minimum Gasteiger partial charge on any atom is -0.390 e. The standard InChI is InChI=1S/C32H51ClN2O3/c1-8-31(6,18-23-10-9-16-32(7,38)19-23)20-27(36)34-28(22(2)3)29(37)35-17-15-26(30(4,5)21-35)24-11-13-25(33)14-12-24/h11-14,22-23,26,28,38H,8-10,15-21H2,1-7H3,(H,34,36)/t23?,26?,28-,31?,32?/m1/s1. The van der Waals surface area contributed by atoms with Crippen molar-refractivity contribution in [2.75, 3.05) is 13.1 Å². The predicted octanol–water partition coefficient (Wildman–Crippen LogP) is 6.96. The summed E-state index contributed by atoms with van der Waals surface area (Å²) in [5.74, 6) is 0.770. The van der Waals surface area contributed by atoms with Gasteiger partial charge < -0.3 is 15.3 Å². The van der Waals surface area contributed by atoms with E-state index in [0.29, 0.717) is 31.3 Å². The SMILES string of the molecule is CCC(C)(CC(=O)N[C@@H](C(=O)N1CCC(c2ccc(Cl)cc2)C(C)(C)C1)C(C)C)CC1CCCC(C)(O)C1. The number of likely N-dealkylation sites (tertiary alicyclic amines) is 1. The van der Waals surface area contributed by atoms with E-state index in [4.69, 9.17) is 11.6 Å². The smallest absolute Gasteiger partial charge is 0.245 e. The highest BCUT2D eigenvalue weighted by molar-refractivity contribution is 6.30. The van der Waals surface area contributed by atoms with Gasteiger partial charge in [-0.15, -0.1) is 0 Å². The number of hydrogen-bond acceptors (Lipinski definition) is 3. The van der Waals surface area contributed by atoms with Crippen LogP contribution in [0.15, 0.2) is 24.3 Å². The van der Waals surface area contributed by atoms with Gasteiger partial charge in [-0.05, 0) is 78.9 Å². The average molecular weight is 547 g/mol. The Morgan fingerprint density at radius 3 is 2.39 bits per heavy atom. The number of carbonyl (C=O) groups excluding carboxylic acids is 2. The van der Waals surface area contributed by atoms with E-state index in [-0.39, 0.29) is 28.6 Å². The van der Waals surface area contributed by atoms with Crippen molar-refractivity contribution in [1.82, 2.24) is 10.2 Å². The van der Waals surface area contributed by atoms with Crippen LogP contribution < -0.4 is 5.32 Å². The summed E-state index contributed by atoms with van der Waals surface area (Å²) in [7, 11) is 0. The summed E-state index contributed by atoms with van der Waals surface area (Å²) >= 11 is 6.10. The van der Waals surface area contributed by atoms with Gasteiger partial charge in [0.05, 0.1) is 5.60 Å². The molecule has 5 nitrogen and oxygen atoms in total. The first-order valence-corrected chi connectivity index (χ1v) is 15.1. The molecule has 0 bridgehead atoms. The number of hydrogen-bond donors (Lipinski definition) is 2. The molecule has 2 aliphatic rings. The zero-order chi connectivity index (χ0) is 28.3. The first kappa shape index (κ1) is 30.9. The summed E-state index contributed by atoms with van der Waals surface area (Å²) < 4.78 is 0. The summed E-state index contributed by atoms with van der Waals surface area (Å²) in [4.78, 5) is 29.0. The number of nitrogens with zero attached hydrogens (tertiary/aromatic N) is 1. The fourth-order valence-corrected chi connectivity index (χ4v) is 7.12. The third-order valence-corrected chi connectivity index (χ3v) is 9.59. The zero-order valence-electron chi connectivity index (χ0n) is 24.8. The van der Waals surface area contributed by atoms with Crippen LogP contribution in [0.5, 0.6) is 0 Å². The van der Waals surface area contributed by atoms with Crippen LogP contribution in [-0.4, -0.2) is 46.6 Å². The van der Waals surface area contributed by atoms with Crippen LogP contribution in [0.1, 0.15) is 111 Å². The van der Waals surface area contributed by atoms with E-state index in [1.165, 1.54) is 5.56 Å². The highest BCUT2D eigenvalue weighted by Gasteiger charge is 2.41. The summed E-state index contributed by atoms with van der Waals surface area (Å²) in [5.41, 5.74) is 0.434. The lowest BCUT2D eigenvalue weighted by molar-refractivity contribution is -0.141. The fourth-order valence-electron chi connectivity index (χ4n) is 6.99. The predicted molar refractivity (Wildman–Crippen MR) is 156 cm³/mol. The van der Waals surface area contributed by atoms with Crippen LogP contribution in [0.3, 0.4) is 0 Å². The van der Waals surface area contributed by atoms with Gasteiger partial charge in [0.1, 0.15) is 6.04 Å². The van der Waals surface area contributed by atoms with Crippen LogP contribution in [0, 0.1) is 22.7 Å². The van der Waals surface area contributed by atoms with E-state index < -0.39 is 11.6 Å². The normalized spacial score (nSPS) is 28.0. The Bertz CT molecular complexity index is 958. The molecule has 1 aliphatic carbocycles. The van der Waals surface area contributed by atoms with E-state index >= 15 is 0 Å². The molecule has 1 saturated carbocycles. The van der Waals surface area contributed by atoms with E-state index in [9.17, 15) is 14.7 Å². The molecule has 1 heterocycles. The second kappa shape index (κ2) is 12.3. The maximum absolute atomic E-state index is 13.7. The maximum atomic E-state index is 13.7. The molecule has 0 radical (unpaired) electrons. The van der Waals surface area contributed by atoms with Crippen molar-refractivity contribution in [1.29, 1.82) is 0 Å². The molecule has 1 aromatic carbocycles. The topological polar surface area (TPSA) is 69.6 Å². The molecule has 2 fully saturated rings. The lowest BCUT2D eigenvalue weighted by Crippen LogP contribution is -2.56. The fraction of sp³-hybridized carbons (Fsp3) is 0.750. The van der Waals surface area contributed by atoms with E-state index in [1.807, 2.05) is 37.8 Å². The second-order valence-electron chi connectivity index (χ2n) is 13.9. The lowest BCUT2D eigenvalue weighted by Gasteiger charge is -2.46. The van der Waals surface area contributed by atoms with Crippen LogP contribution in [-0.2, 0) is 9.59 Å². The zero-order valence-corrected chi connectivity index (χ0v) is 25.5. The molecule has 2 amide bonds. The van der Waals surface area contributed by atoms with E-state index in [2.05, 4.69) is 45.1 Å². The second-order valence-corrected chi connectivity index (χ2v) is 14.4. The first-order valence-electron chi connectivity index (χ1n) is 14.7. The molecule has 3 rings (SSSR count). The largest absolute Gasteiger partial charge is 0.390 e. The van der Waals surface area contributed by atoms with Crippen molar-refractivity contribution in [2.24, 2.45) is 22.7 Å². The molecule has 0 aromatic heterocycles. The molecule has 1 saturated heterocycles. The summed E-state index contributed by atoms with van der Waals surface area (Å²) in [6.07, 6.45) is 6.94. The number of benzene rings is 1. The summed E-state index contributed by atoms with van der Waals surface area (Å²) in [6, 6.07) is 7.55. The highest BCUT2D eigenvalue weighted by atomic mass is 35.5. The Morgan fingerprint density at radius 2 is 1.84 bits per heavy atom. The number of amides is 2. The number of carbonyl (C=O) groups is 2.